The number of halogens is 1. The Labute approximate surface area is 238 Å². The average molecular weight is 606 g/mol. The highest BCUT2D eigenvalue weighted by molar-refractivity contribution is 9.10. The second kappa shape index (κ2) is 11.8. The highest BCUT2D eigenvalue weighted by Gasteiger charge is 2.63. The number of esters is 1. The number of rotatable bonds is 12. The molecule has 0 N–H and O–H groups in total. The molecule has 3 aliphatic rings. The molecule has 8 nitrogen and oxygen atoms in total. The minimum atomic E-state index is -1.07. The highest BCUT2D eigenvalue weighted by Crippen LogP contribution is 2.61. The third-order valence-corrected chi connectivity index (χ3v) is 9.41. The zero-order chi connectivity index (χ0) is 27.6. The van der Waals surface area contributed by atoms with E-state index in [0.717, 1.165) is 29.5 Å². The summed E-state index contributed by atoms with van der Waals surface area (Å²) < 4.78 is 39.6. The Bertz CT molecular complexity index is 1170. The predicted octanol–water partition coefficient (Wildman–Crippen LogP) is 6.31. The van der Waals surface area contributed by atoms with Gasteiger partial charge in [0.25, 0.3) is 0 Å². The van der Waals surface area contributed by atoms with E-state index in [2.05, 4.69) is 22.9 Å². The third-order valence-electron chi connectivity index (χ3n) is 8.04. The molecule has 2 heterocycles. The van der Waals surface area contributed by atoms with E-state index in [9.17, 15) is 4.79 Å². The lowest BCUT2D eigenvalue weighted by Gasteiger charge is -2.44. The van der Waals surface area contributed by atoms with Crippen LogP contribution in [-0.2, 0) is 14.3 Å². The summed E-state index contributed by atoms with van der Waals surface area (Å²) in [5.41, 5.74) is 2.70. The molecule has 39 heavy (non-hydrogen) atoms. The number of hydrogen-bond acceptors (Lipinski definition) is 8. The number of ether oxygens (including phenoxy) is 7. The Morgan fingerprint density at radius 3 is 2.15 bits per heavy atom. The number of alkyl halides is 1. The SMILES string of the molecule is CCCCCCCCO[C@H]1c2cc3c(cc2[C@@H](c2cc(OC)c(OC)c(OC)c2)[C@]2(Br)C(=O)OC[C@H]12)OCO3. The maximum Gasteiger partial charge on any atom is 0.324 e. The molecule has 5 rings (SSSR count). The molecule has 0 spiro atoms. The summed E-state index contributed by atoms with van der Waals surface area (Å²) in [5.74, 6) is 1.80. The van der Waals surface area contributed by atoms with Crippen LogP contribution in [0.2, 0.25) is 0 Å². The van der Waals surface area contributed by atoms with Crippen LogP contribution in [0.3, 0.4) is 0 Å². The van der Waals surface area contributed by atoms with Gasteiger partial charge in [0.1, 0.15) is 4.32 Å². The van der Waals surface area contributed by atoms with E-state index < -0.39 is 10.2 Å². The van der Waals surface area contributed by atoms with Gasteiger partial charge in [-0.3, -0.25) is 4.79 Å². The first-order valence-corrected chi connectivity index (χ1v) is 14.5. The van der Waals surface area contributed by atoms with Crippen LogP contribution in [0.5, 0.6) is 28.7 Å². The number of hydrogen-bond donors (Lipinski definition) is 0. The Kier molecular flexibility index (Phi) is 8.47. The normalized spacial score (nSPS) is 24.6. The number of carbonyl (C=O) groups excluding carboxylic acids is 1. The number of carbonyl (C=O) groups is 1. The summed E-state index contributed by atoms with van der Waals surface area (Å²) in [6.07, 6.45) is 6.67. The molecule has 0 unspecified atom stereocenters. The molecule has 2 aromatic rings. The fourth-order valence-corrected chi connectivity index (χ4v) is 7.09. The third kappa shape index (κ3) is 4.92. The summed E-state index contributed by atoms with van der Waals surface area (Å²) in [4.78, 5) is 13.5. The summed E-state index contributed by atoms with van der Waals surface area (Å²) >= 11 is 3.92. The lowest BCUT2D eigenvalue weighted by Crippen LogP contribution is -2.48. The molecule has 1 saturated heterocycles. The van der Waals surface area contributed by atoms with Crippen molar-refractivity contribution < 1.29 is 38.0 Å². The van der Waals surface area contributed by atoms with Crippen molar-refractivity contribution in [2.75, 3.05) is 41.3 Å². The molecule has 4 atom stereocenters. The number of fused-ring (bicyclic) bond motifs is 3. The van der Waals surface area contributed by atoms with E-state index in [1.165, 1.54) is 25.7 Å². The molecule has 0 amide bonds. The molecule has 0 aromatic heterocycles. The molecule has 1 fully saturated rings. The second-order valence-electron chi connectivity index (χ2n) is 10.3. The van der Waals surface area contributed by atoms with Crippen LogP contribution in [0.25, 0.3) is 0 Å². The Balaban J connectivity index is 1.58. The number of benzene rings is 2. The van der Waals surface area contributed by atoms with Gasteiger partial charge in [-0.25, -0.2) is 0 Å². The van der Waals surface area contributed by atoms with E-state index in [-0.39, 0.29) is 31.4 Å². The zero-order valence-corrected chi connectivity index (χ0v) is 24.6. The fraction of sp³-hybridized carbons (Fsp3) is 0.567. The molecule has 212 valence electrons. The molecular formula is C30H37BrO8. The largest absolute Gasteiger partial charge is 0.493 e. The summed E-state index contributed by atoms with van der Waals surface area (Å²) in [5, 5.41) is 0. The summed E-state index contributed by atoms with van der Waals surface area (Å²) in [6, 6.07) is 7.76. The van der Waals surface area contributed by atoms with Gasteiger partial charge >= 0.3 is 5.97 Å². The standard InChI is InChI=1S/C30H37BrO8/c1-5-6-7-8-9-10-11-36-27-20-15-23-22(38-17-39-23)14-19(20)26(30(31)21(27)16-37-29(30)32)18-12-24(33-2)28(35-4)25(13-18)34-3/h12-15,21,26-27H,5-11,16-17H2,1-4H3/t21-,26-,27+,30+/m1/s1. The lowest BCUT2D eigenvalue weighted by atomic mass is 9.66. The van der Waals surface area contributed by atoms with Crippen LogP contribution in [0, 0.1) is 5.92 Å². The van der Waals surface area contributed by atoms with Crippen LogP contribution in [0.15, 0.2) is 24.3 Å². The van der Waals surface area contributed by atoms with Crippen LogP contribution in [0.4, 0.5) is 0 Å². The minimum Gasteiger partial charge on any atom is -0.493 e. The quantitative estimate of drug-likeness (QED) is 0.158. The predicted molar refractivity (Wildman–Crippen MR) is 149 cm³/mol. The molecule has 0 bridgehead atoms. The van der Waals surface area contributed by atoms with Crippen molar-refractivity contribution in [3.63, 3.8) is 0 Å². The van der Waals surface area contributed by atoms with Gasteiger partial charge in [-0.15, -0.1) is 0 Å². The van der Waals surface area contributed by atoms with Crippen molar-refractivity contribution in [2.45, 2.75) is 61.8 Å². The van der Waals surface area contributed by atoms with Gasteiger partial charge in [-0.2, -0.15) is 0 Å². The van der Waals surface area contributed by atoms with Gasteiger partial charge in [0.2, 0.25) is 12.5 Å². The second-order valence-corrected chi connectivity index (χ2v) is 11.6. The molecular weight excluding hydrogens is 568 g/mol. The fourth-order valence-electron chi connectivity index (χ4n) is 6.09. The van der Waals surface area contributed by atoms with Crippen molar-refractivity contribution in [3.8, 4) is 28.7 Å². The van der Waals surface area contributed by atoms with Crippen molar-refractivity contribution in [1.82, 2.24) is 0 Å². The van der Waals surface area contributed by atoms with Crippen molar-refractivity contribution in [3.05, 3.63) is 41.0 Å². The molecule has 1 aliphatic carbocycles. The van der Waals surface area contributed by atoms with E-state index in [1.54, 1.807) is 21.3 Å². The lowest BCUT2D eigenvalue weighted by molar-refractivity contribution is -0.140. The first-order chi connectivity index (χ1) is 19.0. The maximum atomic E-state index is 13.5. The van der Waals surface area contributed by atoms with E-state index >= 15 is 0 Å². The van der Waals surface area contributed by atoms with Crippen molar-refractivity contribution in [1.29, 1.82) is 0 Å². The number of cyclic esters (lactones) is 1. The first-order valence-electron chi connectivity index (χ1n) is 13.7. The topological polar surface area (TPSA) is 81.7 Å². The number of unbranched alkanes of at least 4 members (excludes halogenated alkanes) is 5. The Morgan fingerprint density at radius 1 is 0.872 bits per heavy atom. The maximum absolute atomic E-state index is 13.5. The molecule has 0 radical (unpaired) electrons. The molecule has 9 heteroatoms. The van der Waals surface area contributed by atoms with Crippen LogP contribution in [-0.4, -0.2) is 51.6 Å². The van der Waals surface area contributed by atoms with Crippen molar-refractivity contribution >= 4 is 21.9 Å². The van der Waals surface area contributed by atoms with Crippen LogP contribution in [0.1, 0.15) is 74.2 Å². The highest BCUT2D eigenvalue weighted by atomic mass is 79.9. The van der Waals surface area contributed by atoms with Gasteiger partial charge in [0, 0.05) is 12.5 Å². The average Bonchev–Trinajstić information content (AvgIpc) is 3.53. The van der Waals surface area contributed by atoms with Crippen LogP contribution >= 0.6 is 15.9 Å². The molecule has 2 aromatic carbocycles. The summed E-state index contributed by atoms with van der Waals surface area (Å²) in [6.45, 7) is 3.23. The van der Waals surface area contributed by atoms with Gasteiger partial charge in [0.15, 0.2) is 23.0 Å². The minimum absolute atomic E-state index is 0.154. The Hall–Kier alpha value is -2.65. The van der Waals surface area contributed by atoms with Gasteiger partial charge < -0.3 is 33.2 Å². The van der Waals surface area contributed by atoms with E-state index in [0.29, 0.717) is 35.4 Å². The molecule has 2 aliphatic heterocycles. The first kappa shape index (κ1) is 27.9. The smallest absolute Gasteiger partial charge is 0.324 e. The van der Waals surface area contributed by atoms with E-state index in [4.69, 9.17) is 33.2 Å². The van der Waals surface area contributed by atoms with Crippen LogP contribution < -0.4 is 23.7 Å². The zero-order valence-electron chi connectivity index (χ0n) is 23.0. The van der Waals surface area contributed by atoms with Crippen molar-refractivity contribution in [2.24, 2.45) is 5.92 Å². The monoisotopic (exact) mass is 604 g/mol. The van der Waals surface area contributed by atoms with Gasteiger partial charge in [-0.05, 0) is 47.4 Å². The van der Waals surface area contributed by atoms with Gasteiger partial charge in [0.05, 0.1) is 40.0 Å². The summed E-state index contributed by atoms with van der Waals surface area (Å²) in [7, 11) is 4.73. The Morgan fingerprint density at radius 2 is 1.51 bits per heavy atom. The van der Waals surface area contributed by atoms with E-state index in [1.807, 2.05) is 24.3 Å². The number of methoxy groups -OCH3 is 3. The van der Waals surface area contributed by atoms with Gasteiger partial charge in [-0.1, -0.05) is 55.0 Å². The molecule has 0 saturated carbocycles.